The summed E-state index contributed by atoms with van der Waals surface area (Å²) in [5.74, 6) is 0.652. The molecule has 0 aliphatic heterocycles. The summed E-state index contributed by atoms with van der Waals surface area (Å²) < 4.78 is 42.5. The molecule has 1 aromatic carbocycles. The summed E-state index contributed by atoms with van der Waals surface area (Å²) in [4.78, 5) is 16.8. The van der Waals surface area contributed by atoms with Crippen LogP contribution in [0, 0.1) is 0 Å². The standard InChI is InChI=1S/C14H14F3N3O2S/c1-20(7-12-19-11(8-23-12)14(15,16)17)13(21)18-9-3-5-10(22-2)6-4-9/h3-6,8H,7H2,1-2H3,(H,18,21). The topological polar surface area (TPSA) is 54.5 Å². The number of ether oxygens (including phenoxy) is 1. The smallest absolute Gasteiger partial charge is 0.434 e. The van der Waals surface area contributed by atoms with E-state index in [0.717, 1.165) is 16.7 Å². The van der Waals surface area contributed by atoms with Crippen LogP contribution in [0.15, 0.2) is 29.6 Å². The van der Waals surface area contributed by atoms with Gasteiger partial charge in [0.1, 0.15) is 10.8 Å². The van der Waals surface area contributed by atoms with Crippen LogP contribution < -0.4 is 10.1 Å². The minimum Gasteiger partial charge on any atom is -0.497 e. The van der Waals surface area contributed by atoms with Gasteiger partial charge in [0.25, 0.3) is 0 Å². The van der Waals surface area contributed by atoms with Crippen molar-refractivity contribution in [2.24, 2.45) is 0 Å². The van der Waals surface area contributed by atoms with Gasteiger partial charge in [0, 0.05) is 18.1 Å². The van der Waals surface area contributed by atoms with Crippen molar-refractivity contribution in [2.75, 3.05) is 19.5 Å². The second-order valence-electron chi connectivity index (χ2n) is 4.64. The van der Waals surface area contributed by atoms with Gasteiger partial charge in [-0.05, 0) is 24.3 Å². The molecule has 0 atom stereocenters. The molecular weight excluding hydrogens is 331 g/mol. The van der Waals surface area contributed by atoms with E-state index in [1.165, 1.54) is 19.1 Å². The molecule has 0 bridgehead atoms. The minimum atomic E-state index is -4.47. The molecule has 1 aromatic heterocycles. The van der Waals surface area contributed by atoms with Gasteiger partial charge in [0.15, 0.2) is 5.69 Å². The van der Waals surface area contributed by atoms with Crippen molar-refractivity contribution in [1.29, 1.82) is 0 Å². The lowest BCUT2D eigenvalue weighted by Crippen LogP contribution is -2.30. The summed E-state index contributed by atoms with van der Waals surface area (Å²) in [6, 6.07) is 6.25. The Bertz CT molecular complexity index is 671. The number of urea groups is 1. The third-order valence-corrected chi connectivity index (χ3v) is 3.74. The Labute approximate surface area is 134 Å². The van der Waals surface area contributed by atoms with E-state index in [9.17, 15) is 18.0 Å². The molecule has 2 amide bonds. The largest absolute Gasteiger partial charge is 0.497 e. The highest BCUT2D eigenvalue weighted by Gasteiger charge is 2.33. The molecule has 0 spiro atoms. The van der Waals surface area contributed by atoms with Crippen LogP contribution >= 0.6 is 11.3 Å². The van der Waals surface area contributed by atoms with E-state index in [2.05, 4.69) is 10.3 Å². The maximum Gasteiger partial charge on any atom is 0.434 e. The third kappa shape index (κ3) is 4.59. The summed E-state index contributed by atoms with van der Waals surface area (Å²) in [6.45, 7) is -0.0112. The van der Waals surface area contributed by atoms with Gasteiger partial charge in [0.2, 0.25) is 0 Å². The highest BCUT2D eigenvalue weighted by molar-refractivity contribution is 7.09. The SMILES string of the molecule is COc1ccc(NC(=O)N(C)Cc2nc(C(F)(F)F)cs2)cc1. The number of aromatic nitrogens is 1. The van der Waals surface area contributed by atoms with Crippen molar-refractivity contribution in [3.63, 3.8) is 0 Å². The molecule has 0 radical (unpaired) electrons. The van der Waals surface area contributed by atoms with Crippen molar-refractivity contribution < 1.29 is 22.7 Å². The van der Waals surface area contributed by atoms with Crippen molar-refractivity contribution in [1.82, 2.24) is 9.88 Å². The number of methoxy groups -OCH3 is 1. The average Bonchev–Trinajstić information content (AvgIpc) is 2.96. The van der Waals surface area contributed by atoms with Gasteiger partial charge in [-0.2, -0.15) is 13.2 Å². The van der Waals surface area contributed by atoms with Crippen LogP contribution in [0.3, 0.4) is 0 Å². The Morgan fingerprint density at radius 1 is 1.35 bits per heavy atom. The molecule has 0 saturated carbocycles. The van der Waals surface area contributed by atoms with Gasteiger partial charge >= 0.3 is 12.2 Å². The fourth-order valence-electron chi connectivity index (χ4n) is 1.68. The highest BCUT2D eigenvalue weighted by atomic mass is 32.1. The van der Waals surface area contributed by atoms with Gasteiger partial charge in [-0.3, -0.25) is 0 Å². The molecule has 5 nitrogen and oxygen atoms in total. The summed E-state index contributed by atoms with van der Waals surface area (Å²) in [5.41, 5.74) is -0.390. The fourth-order valence-corrected chi connectivity index (χ4v) is 2.53. The van der Waals surface area contributed by atoms with Crippen molar-refractivity contribution in [3.8, 4) is 5.75 Å². The second-order valence-corrected chi connectivity index (χ2v) is 5.58. The Kier molecular flexibility index (Phi) is 5.09. The Hall–Kier alpha value is -2.29. The molecule has 0 aliphatic rings. The van der Waals surface area contributed by atoms with E-state index < -0.39 is 17.9 Å². The number of carbonyl (C=O) groups excluding carboxylic acids is 1. The lowest BCUT2D eigenvalue weighted by Gasteiger charge is -2.16. The molecule has 0 unspecified atom stereocenters. The van der Waals surface area contributed by atoms with Gasteiger partial charge in [-0.1, -0.05) is 0 Å². The van der Waals surface area contributed by atoms with Gasteiger partial charge in [0.05, 0.1) is 13.7 Å². The number of benzene rings is 1. The van der Waals surface area contributed by atoms with Crippen LogP contribution in [-0.4, -0.2) is 30.1 Å². The van der Waals surface area contributed by atoms with E-state index in [1.54, 1.807) is 24.3 Å². The number of alkyl halides is 3. The average molecular weight is 345 g/mol. The fraction of sp³-hybridized carbons (Fsp3) is 0.286. The van der Waals surface area contributed by atoms with E-state index in [4.69, 9.17) is 4.74 Å². The molecule has 0 saturated heterocycles. The predicted molar refractivity (Wildman–Crippen MR) is 80.6 cm³/mol. The molecule has 0 aliphatic carbocycles. The number of nitrogens with one attached hydrogen (secondary N) is 1. The second kappa shape index (κ2) is 6.86. The van der Waals surface area contributed by atoms with Gasteiger partial charge in [-0.25, -0.2) is 9.78 Å². The molecule has 0 fully saturated rings. The molecule has 1 heterocycles. The number of rotatable bonds is 4. The van der Waals surface area contributed by atoms with Crippen molar-refractivity contribution in [2.45, 2.75) is 12.7 Å². The van der Waals surface area contributed by atoms with E-state index in [0.29, 0.717) is 11.4 Å². The van der Waals surface area contributed by atoms with Gasteiger partial charge < -0.3 is 15.0 Å². The zero-order valence-corrected chi connectivity index (χ0v) is 13.2. The first-order chi connectivity index (χ1) is 10.8. The van der Waals surface area contributed by atoms with Gasteiger partial charge in [-0.15, -0.1) is 11.3 Å². The quantitative estimate of drug-likeness (QED) is 0.916. The maximum absolute atomic E-state index is 12.5. The van der Waals surface area contributed by atoms with Crippen LogP contribution in [-0.2, 0) is 12.7 Å². The molecule has 2 rings (SSSR count). The van der Waals surface area contributed by atoms with Crippen LogP contribution in [0.1, 0.15) is 10.7 Å². The molecular formula is C14H14F3N3O2S. The van der Waals surface area contributed by atoms with Crippen molar-refractivity contribution >= 4 is 23.1 Å². The number of hydrogen-bond acceptors (Lipinski definition) is 4. The molecule has 2 aromatic rings. The van der Waals surface area contributed by atoms with Crippen LogP contribution in [0.5, 0.6) is 5.75 Å². The number of anilines is 1. The lowest BCUT2D eigenvalue weighted by molar-refractivity contribution is -0.140. The number of nitrogens with zero attached hydrogens (tertiary/aromatic N) is 2. The van der Waals surface area contributed by atoms with E-state index in [-0.39, 0.29) is 11.6 Å². The summed E-state index contributed by atoms with van der Waals surface area (Å²) in [5, 5.41) is 3.78. The van der Waals surface area contributed by atoms with Crippen molar-refractivity contribution in [3.05, 3.63) is 40.3 Å². The van der Waals surface area contributed by atoms with E-state index >= 15 is 0 Å². The third-order valence-electron chi connectivity index (χ3n) is 2.90. The lowest BCUT2D eigenvalue weighted by atomic mass is 10.3. The number of thiazole rings is 1. The number of carbonyl (C=O) groups is 1. The van der Waals surface area contributed by atoms with Crippen LogP contribution in [0.2, 0.25) is 0 Å². The molecule has 124 valence electrons. The summed E-state index contributed by atoms with van der Waals surface area (Å²) in [7, 11) is 3.01. The zero-order chi connectivity index (χ0) is 17.0. The maximum atomic E-state index is 12.5. The summed E-state index contributed by atoms with van der Waals surface area (Å²) >= 11 is 0.864. The number of amides is 2. The molecule has 23 heavy (non-hydrogen) atoms. The first-order valence-electron chi connectivity index (χ1n) is 6.47. The Morgan fingerprint density at radius 3 is 2.52 bits per heavy atom. The highest BCUT2D eigenvalue weighted by Crippen LogP contribution is 2.30. The zero-order valence-electron chi connectivity index (χ0n) is 12.3. The first kappa shape index (κ1) is 17.1. The molecule has 1 N–H and O–H groups in total. The normalized spacial score (nSPS) is 11.2. The predicted octanol–water partition coefficient (Wildman–Crippen LogP) is 3.83. The van der Waals surface area contributed by atoms with E-state index in [1.807, 2.05) is 0 Å². The Morgan fingerprint density at radius 2 is 2.00 bits per heavy atom. The van der Waals surface area contributed by atoms with Crippen LogP contribution in [0.25, 0.3) is 0 Å². The summed E-state index contributed by atoms with van der Waals surface area (Å²) in [6.07, 6.45) is -4.47. The minimum absolute atomic E-state index is 0.0112. The number of hydrogen-bond donors (Lipinski definition) is 1. The Balaban J connectivity index is 1.95. The number of halogens is 3. The molecule has 9 heteroatoms. The van der Waals surface area contributed by atoms with Crippen LogP contribution in [0.4, 0.5) is 23.7 Å². The monoisotopic (exact) mass is 345 g/mol. The first-order valence-corrected chi connectivity index (χ1v) is 7.35.